The molecule has 6 nitrogen and oxygen atoms in total. The smallest absolute Gasteiger partial charge is 0.254 e. The van der Waals surface area contributed by atoms with E-state index >= 15 is 0 Å². The van der Waals surface area contributed by atoms with Crippen molar-refractivity contribution in [2.24, 2.45) is 5.92 Å². The van der Waals surface area contributed by atoms with Crippen LogP contribution in [0.3, 0.4) is 0 Å². The lowest BCUT2D eigenvalue weighted by Gasteiger charge is -2.34. The van der Waals surface area contributed by atoms with Gasteiger partial charge in [0, 0.05) is 38.3 Å². The van der Waals surface area contributed by atoms with Gasteiger partial charge in [-0.1, -0.05) is 19.9 Å². The van der Waals surface area contributed by atoms with Gasteiger partial charge in [0.2, 0.25) is 5.91 Å². The monoisotopic (exact) mass is 357 g/mol. The van der Waals surface area contributed by atoms with Crippen molar-refractivity contribution >= 4 is 17.5 Å². The molecular formula is C20H27N3O3. The van der Waals surface area contributed by atoms with Gasteiger partial charge in [-0.05, 0) is 24.1 Å². The number of ether oxygens (including phenoxy) is 1. The van der Waals surface area contributed by atoms with Crippen LogP contribution < -0.4 is 4.90 Å². The molecule has 3 aliphatic rings. The molecule has 3 atom stereocenters. The molecule has 3 aliphatic heterocycles. The second-order valence-electron chi connectivity index (χ2n) is 8.14. The highest BCUT2D eigenvalue weighted by atomic mass is 16.5. The zero-order chi connectivity index (χ0) is 18.6. The third-order valence-corrected chi connectivity index (χ3v) is 6.13. The van der Waals surface area contributed by atoms with Gasteiger partial charge in [0.1, 0.15) is 0 Å². The molecule has 140 valence electrons. The molecule has 0 radical (unpaired) electrons. The Bertz CT molecular complexity index is 748. The maximum absolute atomic E-state index is 13.2. The first kappa shape index (κ1) is 17.3. The Morgan fingerprint density at radius 3 is 2.81 bits per heavy atom. The Balaban J connectivity index is 1.62. The fourth-order valence-electron chi connectivity index (χ4n) is 4.70. The minimum atomic E-state index is -0.610. The lowest BCUT2D eigenvalue weighted by Crippen LogP contribution is -2.51. The second kappa shape index (κ2) is 5.98. The molecule has 1 aromatic rings. The van der Waals surface area contributed by atoms with E-state index in [1.807, 2.05) is 53.1 Å². The van der Waals surface area contributed by atoms with E-state index in [0.717, 1.165) is 5.69 Å². The van der Waals surface area contributed by atoms with Gasteiger partial charge in [-0.2, -0.15) is 0 Å². The summed E-state index contributed by atoms with van der Waals surface area (Å²) in [4.78, 5) is 31.7. The molecule has 0 bridgehead atoms. The van der Waals surface area contributed by atoms with Crippen LogP contribution in [0.4, 0.5) is 5.69 Å². The van der Waals surface area contributed by atoms with Crippen molar-refractivity contribution in [1.29, 1.82) is 0 Å². The molecular weight excluding hydrogens is 330 g/mol. The molecule has 0 aromatic heterocycles. The second-order valence-corrected chi connectivity index (χ2v) is 8.14. The zero-order valence-electron chi connectivity index (χ0n) is 15.9. The van der Waals surface area contributed by atoms with Crippen molar-refractivity contribution in [3.63, 3.8) is 0 Å². The molecule has 3 fully saturated rings. The Labute approximate surface area is 154 Å². The van der Waals surface area contributed by atoms with E-state index in [1.165, 1.54) is 0 Å². The number of nitrogens with zero attached hydrogens (tertiary/aromatic N) is 3. The van der Waals surface area contributed by atoms with E-state index in [2.05, 4.69) is 13.8 Å². The van der Waals surface area contributed by atoms with Gasteiger partial charge in [-0.25, -0.2) is 0 Å². The van der Waals surface area contributed by atoms with Crippen molar-refractivity contribution in [3.05, 3.63) is 29.8 Å². The van der Waals surface area contributed by atoms with Crippen LogP contribution in [0.25, 0.3) is 0 Å². The van der Waals surface area contributed by atoms with Gasteiger partial charge in [0.25, 0.3) is 5.91 Å². The molecule has 2 amide bonds. The van der Waals surface area contributed by atoms with E-state index in [0.29, 0.717) is 37.5 Å². The number of benzene rings is 1. The van der Waals surface area contributed by atoms with Crippen LogP contribution in [-0.2, 0) is 9.53 Å². The first-order valence-electron chi connectivity index (χ1n) is 9.39. The van der Waals surface area contributed by atoms with Crippen LogP contribution in [0, 0.1) is 5.92 Å². The predicted molar refractivity (Wildman–Crippen MR) is 99.0 cm³/mol. The minimum Gasteiger partial charge on any atom is -0.378 e. The third kappa shape index (κ3) is 2.35. The molecule has 1 spiro atoms. The van der Waals surface area contributed by atoms with E-state index in [1.54, 1.807) is 0 Å². The van der Waals surface area contributed by atoms with Crippen molar-refractivity contribution in [2.45, 2.75) is 44.5 Å². The summed E-state index contributed by atoms with van der Waals surface area (Å²) in [5, 5.41) is 0. The largest absolute Gasteiger partial charge is 0.378 e. The fourth-order valence-corrected chi connectivity index (χ4v) is 4.70. The summed E-state index contributed by atoms with van der Waals surface area (Å²) in [6.07, 6.45) is 1.06. The van der Waals surface area contributed by atoms with Gasteiger partial charge >= 0.3 is 0 Å². The molecule has 0 unspecified atom stereocenters. The van der Waals surface area contributed by atoms with Gasteiger partial charge in [0.05, 0.1) is 25.1 Å². The molecule has 0 aliphatic carbocycles. The molecule has 0 N–H and O–H groups in total. The van der Waals surface area contributed by atoms with Crippen LogP contribution in [0.15, 0.2) is 24.3 Å². The summed E-state index contributed by atoms with van der Waals surface area (Å²) in [5.74, 6) is 0.450. The number of rotatable bonds is 3. The van der Waals surface area contributed by atoms with Crippen molar-refractivity contribution in [2.75, 3.05) is 32.1 Å². The number of likely N-dealkylation sites (tertiary alicyclic amines) is 1. The molecule has 4 rings (SSSR count). The molecule has 1 aromatic carbocycles. The highest BCUT2D eigenvalue weighted by Gasteiger charge is 2.65. The van der Waals surface area contributed by atoms with E-state index < -0.39 is 5.72 Å². The summed E-state index contributed by atoms with van der Waals surface area (Å²) < 4.78 is 6.21. The number of hydrogen-bond acceptors (Lipinski definition) is 4. The Hall–Kier alpha value is -2.08. The molecule has 26 heavy (non-hydrogen) atoms. The van der Waals surface area contributed by atoms with E-state index in [9.17, 15) is 9.59 Å². The zero-order valence-corrected chi connectivity index (χ0v) is 15.9. The lowest BCUT2D eigenvalue weighted by atomic mass is 10.0. The summed E-state index contributed by atoms with van der Waals surface area (Å²) in [6, 6.07) is 7.57. The van der Waals surface area contributed by atoms with E-state index in [-0.39, 0.29) is 23.9 Å². The predicted octanol–water partition coefficient (Wildman–Crippen LogP) is 1.95. The van der Waals surface area contributed by atoms with Crippen LogP contribution in [-0.4, -0.2) is 66.7 Å². The fraction of sp³-hybridized carbons (Fsp3) is 0.600. The molecule has 6 heteroatoms. The number of carbonyl (C=O) groups excluding carboxylic acids is 2. The summed E-state index contributed by atoms with van der Waals surface area (Å²) in [7, 11) is 3.92. The maximum Gasteiger partial charge on any atom is 0.254 e. The first-order chi connectivity index (χ1) is 12.3. The quantitative estimate of drug-likeness (QED) is 0.830. The standard InChI is InChI=1S/C20H27N3O3/c1-13(2)16-12-26-20-8-9-22(17(20)11-18(24)23(16)20)19(25)14-6-5-7-15(10-14)21(3)4/h5-7,10,13,16-17H,8-9,11-12H2,1-4H3/t16-,17+,20-/m0/s1. The SMILES string of the molecule is CC(C)[C@@H]1CO[C@@]23CCN(C(=O)c4cccc(N(C)C)c4)[C@@H]2CC(=O)N13. The number of amides is 2. The topological polar surface area (TPSA) is 53.1 Å². The molecule has 3 heterocycles. The maximum atomic E-state index is 13.2. The van der Waals surface area contributed by atoms with Crippen molar-refractivity contribution in [3.8, 4) is 0 Å². The lowest BCUT2D eigenvalue weighted by molar-refractivity contribution is -0.139. The molecule has 3 saturated heterocycles. The summed E-state index contributed by atoms with van der Waals surface area (Å²) in [5.41, 5.74) is 1.05. The van der Waals surface area contributed by atoms with Crippen LogP contribution in [0.2, 0.25) is 0 Å². The highest BCUT2D eigenvalue weighted by Crippen LogP contribution is 2.49. The van der Waals surface area contributed by atoms with Gasteiger partial charge in [-0.3, -0.25) is 9.59 Å². The third-order valence-electron chi connectivity index (χ3n) is 6.13. The Kier molecular flexibility index (Phi) is 3.99. The van der Waals surface area contributed by atoms with Gasteiger partial charge in [0.15, 0.2) is 5.72 Å². The number of anilines is 1. The highest BCUT2D eigenvalue weighted by molar-refractivity contribution is 5.96. The van der Waals surface area contributed by atoms with Crippen molar-refractivity contribution in [1.82, 2.24) is 9.80 Å². The average Bonchev–Trinajstić information content (AvgIpc) is 3.23. The Morgan fingerprint density at radius 1 is 1.35 bits per heavy atom. The number of hydrogen-bond donors (Lipinski definition) is 0. The normalized spacial score (nSPS) is 30.1. The first-order valence-corrected chi connectivity index (χ1v) is 9.39. The van der Waals surface area contributed by atoms with Gasteiger partial charge in [-0.15, -0.1) is 0 Å². The summed E-state index contributed by atoms with van der Waals surface area (Å²) >= 11 is 0. The van der Waals surface area contributed by atoms with E-state index in [4.69, 9.17) is 4.74 Å². The van der Waals surface area contributed by atoms with Gasteiger partial charge < -0.3 is 19.4 Å². The van der Waals surface area contributed by atoms with Crippen LogP contribution in [0.1, 0.15) is 37.0 Å². The van der Waals surface area contributed by atoms with Crippen LogP contribution >= 0.6 is 0 Å². The summed E-state index contributed by atoms with van der Waals surface area (Å²) in [6.45, 7) is 5.44. The Morgan fingerprint density at radius 2 is 2.12 bits per heavy atom. The van der Waals surface area contributed by atoms with Crippen LogP contribution in [0.5, 0.6) is 0 Å². The minimum absolute atomic E-state index is 0.0122. The average molecular weight is 357 g/mol. The molecule has 0 saturated carbocycles. The van der Waals surface area contributed by atoms with Crippen molar-refractivity contribution < 1.29 is 14.3 Å². The number of carbonyl (C=O) groups is 2.